The number of nitrogens with one attached hydrogen (secondary N) is 2. The van der Waals surface area contributed by atoms with Crippen molar-refractivity contribution in [1.82, 2.24) is 5.32 Å². The Morgan fingerprint density at radius 3 is 2.52 bits per heavy atom. The van der Waals surface area contributed by atoms with E-state index in [4.69, 9.17) is 27.9 Å². The van der Waals surface area contributed by atoms with Crippen LogP contribution in [0.4, 0.5) is 10.5 Å². The fourth-order valence-electron chi connectivity index (χ4n) is 2.04. The molecule has 0 aliphatic heterocycles. The predicted molar refractivity (Wildman–Crippen MR) is 91.4 cm³/mol. The van der Waals surface area contributed by atoms with Gasteiger partial charge in [0, 0.05) is 27.8 Å². The van der Waals surface area contributed by atoms with Gasteiger partial charge in [-0.15, -0.1) is 0 Å². The number of hydrogen-bond acceptors (Lipinski definition) is 3. The van der Waals surface area contributed by atoms with Gasteiger partial charge < -0.3 is 20.5 Å². The molecule has 0 radical (unpaired) electrons. The number of rotatable bonds is 5. The fourth-order valence-corrected chi connectivity index (χ4v) is 2.57. The molecule has 0 aliphatic rings. The van der Waals surface area contributed by atoms with Crippen molar-refractivity contribution < 1.29 is 14.6 Å². The second kappa shape index (κ2) is 8.06. The summed E-state index contributed by atoms with van der Waals surface area (Å²) in [6, 6.07) is 11.3. The Bertz CT molecular complexity index is 675. The molecule has 2 amide bonds. The van der Waals surface area contributed by atoms with Gasteiger partial charge in [-0.1, -0.05) is 41.4 Å². The Morgan fingerprint density at radius 2 is 1.87 bits per heavy atom. The topological polar surface area (TPSA) is 70.6 Å². The van der Waals surface area contributed by atoms with Gasteiger partial charge in [-0.25, -0.2) is 4.79 Å². The summed E-state index contributed by atoms with van der Waals surface area (Å²) in [7, 11) is 1.52. The Hall–Kier alpha value is -1.95. The summed E-state index contributed by atoms with van der Waals surface area (Å²) in [5.41, 5.74) is 1.06. The molecule has 3 N–H and O–H groups in total. The van der Waals surface area contributed by atoms with E-state index in [9.17, 15) is 9.90 Å². The molecule has 0 saturated carbocycles. The molecule has 0 saturated heterocycles. The zero-order chi connectivity index (χ0) is 16.8. The van der Waals surface area contributed by atoms with E-state index in [2.05, 4.69) is 10.6 Å². The van der Waals surface area contributed by atoms with Crippen LogP contribution < -0.4 is 15.4 Å². The van der Waals surface area contributed by atoms with E-state index >= 15 is 0 Å². The Morgan fingerprint density at radius 1 is 1.22 bits per heavy atom. The zero-order valence-electron chi connectivity index (χ0n) is 12.3. The van der Waals surface area contributed by atoms with E-state index in [1.165, 1.54) is 7.11 Å². The molecule has 7 heteroatoms. The predicted octanol–water partition coefficient (Wildman–Crippen LogP) is 3.86. The summed E-state index contributed by atoms with van der Waals surface area (Å²) < 4.78 is 5.18. The van der Waals surface area contributed by atoms with Crippen LogP contribution in [0.15, 0.2) is 42.5 Å². The van der Waals surface area contributed by atoms with Crippen molar-refractivity contribution in [2.24, 2.45) is 0 Å². The lowest BCUT2D eigenvalue weighted by Crippen LogP contribution is -2.32. The molecule has 2 aromatic carbocycles. The van der Waals surface area contributed by atoms with Gasteiger partial charge in [-0.05, 0) is 24.3 Å². The van der Waals surface area contributed by atoms with Crippen molar-refractivity contribution in [2.45, 2.75) is 6.10 Å². The van der Waals surface area contributed by atoms with E-state index in [0.717, 1.165) is 0 Å². The molecule has 2 rings (SSSR count). The maximum absolute atomic E-state index is 11.9. The number of hydrogen-bond donors (Lipinski definition) is 3. The lowest BCUT2D eigenvalue weighted by atomic mass is 10.1. The number of para-hydroxylation sites is 1. The maximum Gasteiger partial charge on any atom is 0.319 e. The van der Waals surface area contributed by atoms with E-state index in [1.807, 2.05) is 0 Å². The van der Waals surface area contributed by atoms with E-state index < -0.39 is 12.1 Å². The molecule has 0 spiro atoms. The van der Waals surface area contributed by atoms with Crippen molar-refractivity contribution >= 4 is 34.9 Å². The van der Waals surface area contributed by atoms with Crippen LogP contribution in [0.25, 0.3) is 0 Å². The third-order valence-electron chi connectivity index (χ3n) is 3.07. The number of aliphatic hydroxyl groups excluding tert-OH is 1. The molecule has 0 fully saturated rings. The Labute approximate surface area is 144 Å². The average Bonchev–Trinajstić information content (AvgIpc) is 2.51. The molecular formula is C16H16Cl2N2O3. The second-order valence-electron chi connectivity index (χ2n) is 4.75. The number of urea groups is 1. The number of carbonyl (C=O) groups is 1. The zero-order valence-corrected chi connectivity index (χ0v) is 13.9. The largest absolute Gasteiger partial charge is 0.496 e. The summed E-state index contributed by atoms with van der Waals surface area (Å²) in [5, 5.41) is 16.2. The van der Waals surface area contributed by atoms with Crippen LogP contribution >= 0.6 is 23.2 Å². The average molecular weight is 355 g/mol. The van der Waals surface area contributed by atoms with Crippen molar-refractivity contribution in [3.05, 3.63) is 58.1 Å². The summed E-state index contributed by atoms with van der Waals surface area (Å²) in [6.07, 6.45) is -0.889. The van der Waals surface area contributed by atoms with Gasteiger partial charge in [-0.2, -0.15) is 0 Å². The normalized spacial score (nSPS) is 11.7. The molecule has 0 aromatic heterocycles. The number of benzene rings is 2. The number of amides is 2. The number of aliphatic hydroxyl groups is 1. The monoisotopic (exact) mass is 354 g/mol. The molecule has 0 aliphatic carbocycles. The Kier molecular flexibility index (Phi) is 6.10. The van der Waals surface area contributed by atoms with Gasteiger partial charge in [-0.3, -0.25) is 0 Å². The molecule has 23 heavy (non-hydrogen) atoms. The van der Waals surface area contributed by atoms with Gasteiger partial charge in [0.2, 0.25) is 0 Å². The van der Waals surface area contributed by atoms with Gasteiger partial charge in [0.25, 0.3) is 0 Å². The SMILES string of the molecule is COc1ccccc1[C@@H](O)CNC(=O)Nc1cc(Cl)cc(Cl)c1. The first-order valence-corrected chi connectivity index (χ1v) is 7.57. The number of halogens is 2. The molecule has 1 atom stereocenters. The van der Waals surface area contributed by atoms with Crippen LogP contribution in [-0.2, 0) is 0 Å². The minimum absolute atomic E-state index is 0.0283. The molecule has 5 nitrogen and oxygen atoms in total. The quantitative estimate of drug-likeness (QED) is 0.763. The van der Waals surface area contributed by atoms with Crippen molar-refractivity contribution in [1.29, 1.82) is 0 Å². The van der Waals surface area contributed by atoms with Crippen LogP contribution in [0, 0.1) is 0 Å². The van der Waals surface area contributed by atoms with Gasteiger partial charge in [0.1, 0.15) is 5.75 Å². The smallest absolute Gasteiger partial charge is 0.319 e. The van der Waals surface area contributed by atoms with Crippen LogP contribution in [0.3, 0.4) is 0 Å². The van der Waals surface area contributed by atoms with Crippen LogP contribution in [-0.4, -0.2) is 24.8 Å². The number of anilines is 1. The fraction of sp³-hybridized carbons (Fsp3) is 0.188. The second-order valence-corrected chi connectivity index (χ2v) is 5.62. The lowest BCUT2D eigenvalue weighted by Gasteiger charge is -2.15. The summed E-state index contributed by atoms with van der Waals surface area (Å²) in [5.74, 6) is 0.559. The van der Waals surface area contributed by atoms with Crippen LogP contribution in [0.1, 0.15) is 11.7 Å². The first kappa shape index (κ1) is 17.4. The molecule has 2 aromatic rings. The van der Waals surface area contributed by atoms with Gasteiger partial charge >= 0.3 is 6.03 Å². The highest BCUT2D eigenvalue weighted by Crippen LogP contribution is 2.24. The first-order chi connectivity index (χ1) is 11.0. The first-order valence-electron chi connectivity index (χ1n) is 6.81. The van der Waals surface area contributed by atoms with Crippen LogP contribution in [0.2, 0.25) is 10.0 Å². The number of carbonyl (C=O) groups excluding carboxylic acids is 1. The molecule has 0 heterocycles. The minimum Gasteiger partial charge on any atom is -0.496 e. The molecule has 0 bridgehead atoms. The van der Waals surface area contributed by atoms with E-state index in [1.54, 1.807) is 42.5 Å². The minimum atomic E-state index is -0.889. The molecule has 122 valence electrons. The lowest BCUT2D eigenvalue weighted by molar-refractivity contribution is 0.171. The highest BCUT2D eigenvalue weighted by atomic mass is 35.5. The van der Waals surface area contributed by atoms with E-state index in [0.29, 0.717) is 27.0 Å². The van der Waals surface area contributed by atoms with Gasteiger partial charge in [0.05, 0.1) is 13.2 Å². The Balaban J connectivity index is 1.93. The number of ether oxygens (including phenoxy) is 1. The molecular weight excluding hydrogens is 339 g/mol. The highest BCUT2D eigenvalue weighted by Gasteiger charge is 2.14. The third kappa shape index (κ3) is 5.03. The number of methoxy groups -OCH3 is 1. The summed E-state index contributed by atoms with van der Waals surface area (Å²) >= 11 is 11.7. The van der Waals surface area contributed by atoms with E-state index in [-0.39, 0.29) is 6.54 Å². The maximum atomic E-state index is 11.9. The van der Waals surface area contributed by atoms with Crippen LogP contribution in [0.5, 0.6) is 5.75 Å². The summed E-state index contributed by atoms with van der Waals surface area (Å²) in [4.78, 5) is 11.9. The molecule has 0 unspecified atom stereocenters. The highest BCUT2D eigenvalue weighted by molar-refractivity contribution is 6.35. The van der Waals surface area contributed by atoms with Crippen molar-refractivity contribution in [3.8, 4) is 5.75 Å². The van der Waals surface area contributed by atoms with Crippen molar-refractivity contribution in [3.63, 3.8) is 0 Å². The third-order valence-corrected chi connectivity index (χ3v) is 3.51. The standard InChI is InChI=1S/C16H16Cl2N2O3/c1-23-15-5-3-2-4-13(15)14(21)9-19-16(22)20-12-7-10(17)6-11(18)8-12/h2-8,14,21H,9H2,1H3,(H2,19,20,22)/t14-/m0/s1. The van der Waals surface area contributed by atoms with Crippen molar-refractivity contribution in [2.75, 3.05) is 19.0 Å². The van der Waals surface area contributed by atoms with Gasteiger partial charge in [0.15, 0.2) is 0 Å². The summed E-state index contributed by atoms with van der Waals surface area (Å²) in [6.45, 7) is 0.0283.